The first-order valence-corrected chi connectivity index (χ1v) is 8.63. The fraction of sp³-hybridized carbons (Fsp3) is 0.692. The summed E-state index contributed by atoms with van der Waals surface area (Å²) >= 11 is 3.76. The van der Waals surface area contributed by atoms with Gasteiger partial charge in [-0.3, -0.25) is 11.3 Å². The number of thioether (sulfide) groups is 1. The van der Waals surface area contributed by atoms with E-state index in [4.69, 9.17) is 10.6 Å². The van der Waals surface area contributed by atoms with Crippen LogP contribution in [0.3, 0.4) is 0 Å². The second kappa shape index (κ2) is 5.51. The molecule has 2 aliphatic heterocycles. The van der Waals surface area contributed by atoms with Gasteiger partial charge < -0.3 is 4.74 Å². The van der Waals surface area contributed by atoms with Crippen LogP contribution in [0, 0.1) is 5.92 Å². The van der Waals surface area contributed by atoms with Gasteiger partial charge in [-0.2, -0.15) is 23.1 Å². The highest BCUT2D eigenvalue weighted by Crippen LogP contribution is 2.43. The average Bonchev–Trinajstić information content (AvgIpc) is 3.03. The number of hydrazine groups is 1. The lowest BCUT2D eigenvalue weighted by atomic mass is 9.80. The number of hydrogen-bond acceptors (Lipinski definition) is 5. The molecule has 3 N–H and O–H groups in total. The van der Waals surface area contributed by atoms with Crippen LogP contribution in [0.25, 0.3) is 0 Å². The molecule has 0 aliphatic carbocycles. The predicted octanol–water partition coefficient (Wildman–Crippen LogP) is 2.55. The van der Waals surface area contributed by atoms with Gasteiger partial charge in [-0.05, 0) is 53.3 Å². The van der Waals surface area contributed by atoms with Crippen LogP contribution in [-0.4, -0.2) is 23.7 Å². The Hall–Kier alpha value is -0.0700. The van der Waals surface area contributed by atoms with E-state index in [9.17, 15) is 0 Å². The Morgan fingerprint density at radius 2 is 2.50 bits per heavy atom. The minimum absolute atomic E-state index is 0.138. The fourth-order valence-corrected chi connectivity index (χ4v) is 5.24. The molecule has 5 heteroatoms. The molecule has 2 fully saturated rings. The Balaban J connectivity index is 1.74. The van der Waals surface area contributed by atoms with Crippen LogP contribution < -0.4 is 11.3 Å². The summed E-state index contributed by atoms with van der Waals surface area (Å²) in [6.07, 6.45) is 3.46. The molecule has 3 atom stereocenters. The maximum atomic E-state index is 6.08. The van der Waals surface area contributed by atoms with Crippen LogP contribution in [0.4, 0.5) is 0 Å². The first-order valence-electron chi connectivity index (χ1n) is 6.53. The van der Waals surface area contributed by atoms with Gasteiger partial charge in [0, 0.05) is 18.4 Å². The van der Waals surface area contributed by atoms with Crippen molar-refractivity contribution in [2.24, 2.45) is 11.8 Å². The Kier molecular flexibility index (Phi) is 3.96. The third kappa shape index (κ3) is 2.47. The summed E-state index contributed by atoms with van der Waals surface area (Å²) in [5, 5.41) is 4.33. The Morgan fingerprint density at radius 3 is 3.17 bits per heavy atom. The number of thiophene rings is 1. The highest BCUT2D eigenvalue weighted by molar-refractivity contribution is 7.99. The molecule has 1 aromatic rings. The van der Waals surface area contributed by atoms with E-state index >= 15 is 0 Å². The van der Waals surface area contributed by atoms with Crippen molar-refractivity contribution in [3.63, 3.8) is 0 Å². The number of ether oxygens (including phenoxy) is 1. The van der Waals surface area contributed by atoms with Gasteiger partial charge >= 0.3 is 0 Å². The quantitative estimate of drug-likeness (QED) is 0.661. The highest BCUT2D eigenvalue weighted by Gasteiger charge is 2.42. The van der Waals surface area contributed by atoms with Gasteiger partial charge in [-0.15, -0.1) is 0 Å². The SMILES string of the molecule is NNC(c1ccsc1)C1CCOC2(CCSC2)C1. The zero-order valence-corrected chi connectivity index (χ0v) is 12.1. The maximum Gasteiger partial charge on any atom is 0.0783 e. The highest BCUT2D eigenvalue weighted by atomic mass is 32.2. The van der Waals surface area contributed by atoms with Gasteiger partial charge in [-0.1, -0.05) is 0 Å². The topological polar surface area (TPSA) is 47.3 Å². The van der Waals surface area contributed by atoms with Gasteiger partial charge in [-0.25, -0.2) is 0 Å². The predicted molar refractivity (Wildman–Crippen MR) is 77.7 cm³/mol. The molecule has 18 heavy (non-hydrogen) atoms. The van der Waals surface area contributed by atoms with Crippen molar-refractivity contribution in [2.75, 3.05) is 18.1 Å². The van der Waals surface area contributed by atoms with E-state index < -0.39 is 0 Å². The van der Waals surface area contributed by atoms with Crippen LogP contribution in [0.5, 0.6) is 0 Å². The van der Waals surface area contributed by atoms with Gasteiger partial charge in [0.2, 0.25) is 0 Å². The van der Waals surface area contributed by atoms with Crippen LogP contribution >= 0.6 is 23.1 Å². The lowest BCUT2D eigenvalue weighted by Gasteiger charge is -2.40. The molecule has 0 radical (unpaired) electrons. The van der Waals surface area contributed by atoms with Crippen molar-refractivity contribution < 1.29 is 4.74 Å². The molecule has 1 spiro atoms. The normalized spacial score (nSPS) is 33.9. The molecule has 3 rings (SSSR count). The van der Waals surface area contributed by atoms with Gasteiger partial charge in [0.05, 0.1) is 5.60 Å². The third-order valence-corrected chi connectivity index (χ3v) is 6.08. The Morgan fingerprint density at radius 1 is 1.56 bits per heavy atom. The zero-order valence-electron chi connectivity index (χ0n) is 10.4. The average molecular weight is 284 g/mol. The van der Waals surface area contributed by atoms with Crippen LogP contribution in [0.2, 0.25) is 0 Å². The van der Waals surface area contributed by atoms with Crippen molar-refractivity contribution in [1.82, 2.24) is 5.43 Å². The molecule has 1 aromatic heterocycles. The summed E-state index contributed by atoms with van der Waals surface area (Å²) in [7, 11) is 0. The van der Waals surface area contributed by atoms with Crippen molar-refractivity contribution >= 4 is 23.1 Å². The van der Waals surface area contributed by atoms with E-state index in [-0.39, 0.29) is 11.6 Å². The van der Waals surface area contributed by atoms with E-state index in [1.165, 1.54) is 17.7 Å². The van der Waals surface area contributed by atoms with Crippen molar-refractivity contribution in [3.8, 4) is 0 Å². The summed E-state index contributed by atoms with van der Waals surface area (Å²) in [6.45, 7) is 0.882. The van der Waals surface area contributed by atoms with E-state index in [2.05, 4.69) is 22.3 Å². The van der Waals surface area contributed by atoms with E-state index in [0.717, 1.165) is 25.2 Å². The minimum atomic E-state index is 0.138. The Labute approximate surface area is 116 Å². The first kappa shape index (κ1) is 12.9. The standard InChI is InChI=1S/C13H20N2OS2/c14-15-12(11-2-5-17-8-11)10-1-4-16-13(7-10)3-6-18-9-13/h2,5,8,10,12,15H,1,3-4,6-7,9,14H2. The maximum absolute atomic E-state index is 6.08. The second-order valence-electron chi connectivity index (χ2n) is 5.29. The number of nitrogens with one attached hydrogen (secondary N) is 1. The Bertz CT molecular complexity index is 376. The monoisotopic (exact) mass is 284 g/mol. The third-order valence-electron chi connectivity index (χ3n) is 4.15. The summed E-state index contributed by atoms with van der Waals surface area (Å²) in [5.74, 6) is 8.78. The molecule has 2 aliphatic rings. The summed E-state index contributed by atoms with van der Waals surface area (Å²) < 4.78 is 6.08. The molecule has 0 bridgehead atoms. The molecule has 0 aromatic carbocycles. The molecular weight excluding hydrogens is 264 g/mol. The largest absolute Gasteiger partial charge is 0.374 e. The zero-order chi connectivity index (χ0) is 12.4. The molecule has 3 nitrogen and oxygen atoms in total. The number of hydrogen-bond donors (Lipinski definition) is 2. The molecule has 100 valence electrons. The lowest BCUT2D eigenvalue weighted by Crippen LogP contribution is -2.45. The van der Waals surface area contributed by atoms with Crippen LogP contribution in [0.1, 0.15) is 30.9 Å². The number of rotatable bonds is 3. The van der Waals surface area contributed by atoms with E-state index in [0.29, 0.717) is 5.92 Å². The molecule has 0 saturated carbocycles. The van der Waals surface area contributed by atoms with Crippen molar-refractivity contribution in [1.29, 1.82) is 0 Å². The molecule has 0 amide bonds. The summed E-state index contributed by atoms with van der Waals surface area (Å²) in [5.41, 5.74) is 4.49. The lowest BCUT2D eigenvalue weighted by molar-refractivity contribution is -0.0854. The van der Waals surface area contributed by atoms with E-state index in [1.807, 2.05) is 11.8 Å². The fourth-order valence-electron chi connectivity index (χ4n) is 3.17. The first-order chi connectivity index (χ1) is 8.83. The van der Waals surface area contributed by atoms with Crippen molar-refractivity contribution in [3.05, 3.63) is 22.4 Å². The molecule has 3 heterocycles. The van der Waals surface area contributed by atoms with E-state index in [1.54, 1.807) is 11.3 Å². The second-order valence-corrected chi connectivity index (χ2v) is 7.17. The molecular formula is C13H20N2OS2. The molecule has 3 unspecified atom stereocenters. The van der Waals surface area contributed by atoms with Crippen LogP contribution in [0.15, 0.2) is 16.8 Å². The van der Waals surface area contributed by atoms with Crippen molar-refractivity contribution in [2.45, 2.75) is 30.9 Å². The van der Waals surface area contributed by atoms with Crippen LogP contribution in [-0.2, 0) is 4.74 Å². The summed E-state index contributed by atoms with van der Waals surface area (Å²) in [4.78, 5) is 0. The van der Waals surface area contributed by atoms with Gasteiger partial charge in [0.15, 0.2) is 0 Å². The van der Waals surface area contributed by atoms with Gasteiger partial charge in [0.25, 0.3) is 0 Å². The minimum Gasteiger partial charge on any atom is -0.374 e. The summed E-state index contributed by atoms with van der Waals surface area (Å²) in [6, 6.07) is 2.46. The number of nitrogens with two attached hydrogens (primary N) is 1. The smallest absolute Gasteiger partial charge is 0.0783 e. The molecule has 2 saturated heterocycles. The van der Waals surface area contributed by atoms with Gasteiger partial charge in [0.1, 0.15) is 0 Å².